The Morgan fingerprint density at radius 3 is 2.00 bits per heavy atom. The minimum absolute atomic E-state index is 0.252. The highest BCUT2D eigenvalue weighted by atomic mass is 15.1. The van der Waals surface area contributed by atoms with E-state index in [0.29, 0.717) is 0 Å². The summed E-state index contributed by atoms with van der Waals surface area (Å²) in [5, 5.41) is 0. The Bertz CT molecular complexity index is 366. The van der Waals surface area contributed by atoms with Gasteiger partial charge in [-0.05, 0) is 41.9 Å². The minimum atomic E-state index is 0.252. The van der Waals surface area contributed by atoms with E-state index in [2.05, 4.69) is 63.9 Å². The van der Waals surface area contributed by atoms with E-state index in [9.17, 15) is 0 Å². The molecule has 0 heterocycles. The summed E-state index contributed by atoms with van der Waals surface area (Å²) in [7, 11) is 2.22. The Morgan fingerprint density at radius 1 is 1.06 bits per heavy atom. The summed E-state index contributed by atoms with van der Waals surface area (Å²) in [6.45, 7) is 9.13. The van der Waals surface area contributed by atoms with Gasteiger partial charge in [0.05, 0.1) is 0 Å². The van der Waals surface area contributed by atoms with Gasteiger partial charge < -0.3 is 4.90 Å². The molecule has 0 unspecified atom stereocenters. The average molecular weight is 231 g/mol. The molecule has 1 nitrogen and oxygen atoms in total. The van der Waals surface area contributed by atoms with Crippen molar-refractivity contribution in [1.82, 2.24) is 0 Å². The molecule has 0 atom stereocenters. The summed E-state index contributed by atoms with van der Waals surface area (Å²) in [5.41, 5.74) is 3.02. The third kappa shape index (κ3) is 2.65. The lowest BCUT2D eigenvalue weighted by Gasteiger charge is -2.41. The Balaban J connectivity index is 2.07. The lowest BCUT2D eigenvalue weighted by Crippen LogP contribution is -2.41. The molecule has 1 heteroatoms. The lowest BCUT2D eigenvalue weighted by molar-refractivity contribution is 0.281. The summed E-state index contributed by atoms with van der Waals surface area (Å²) < 4.78 is 0. The fourth-order valence-electron chi connectivity index (χ4n) is 2.58. The lowest BCUT2D eigenvalue weighted by atomic mass is 9.80. The van der Waals surface area contributed by atoms with Crippen LogP contribution in [0.4, 0.5) is 5.69 Å². The zero-order valence-electron chi connectivity index (χ0n) is 11.8. The van der Waals surface area contributed by atoms with Crippen molar-refractivity contribution in [1.29, 1.82) is 0 Å². The predicted octanol–water partition coefficient (Wildman–Crippen LogP) is 4.22. The van der Waals surface area contributed by atoms with Crippen molar-refractivity contribution >= 4 is 5.69 Å². The molecule has 1 saturated carbocycles. The van der Waals surface area contributed by atoms with Gasteiger partial charge in [0.25, 0.3) is 0 Å². The maximum Gasteiger partial charge on any atom is 0.0366 e. The molecule has 1 aromatic carbocycles. The quantitative estimate of drug-likeness (QED) is 0.736. The smallest absolute Gasteiger partial charge is 0.0366 e. The highest BCUT2D eigenvalue weighted by molar-refractivity contribution is 5.49. The Hall–Kier alpha value is -0.980. The van der Waals surface area contributed by atoms with E-state index >= 15 is 0 Å². The van der Waals surface area contributed by atoms with Crippen LogP contribution in [-0.2, 0) is 5.41 Å². The summed E-state index contributed by atoms with van der Waals surface area (Å²) >= 11 is 0. The Kier molecular flexibility index (Phi) is 3.20. The van der Waals surface area contributed by atoms with Crippen molar-refractivity contribution in [2.24, 2.45) is 5.92 Å². The molecule has 2 rings (SSSR count). The van der Waals surface area contributed by atoms with Crippen molar-refractivity contribution in [3.05, 3.63) is 29.8 Å². The van der Waals surface area contributed by atoms with E-state index in [1.54, 1.807) is 0 Å². The first-order chi connectivity index (χ1) is 7.88. The van der Waals surface area contributed by atoms with Crippen molar-refractivity contribution in [3.8, 4) is 0 Å². The first-order valence-electron chi connectivity index (χ1n) is 6.71. The van der Waals surface area contributed by atoms with Gasteiger partial charge >= 0.3 is 0 Å². The highest BCUT2D eigenvalue weighted by Gasteiger charge is 2.28. The van der Waals surface area contributed by atoms with Crippen LogP contribution >= 0.6 is 0 Å². The number of hydrogen-bond donors (Lipinski definition) is 0. The number of anilines is 1. The van der Waals surface area contributed by atoms with Crippen LogP contribution in [0.25, 0.3) is 0 Å². The number of rotatable bonds is 2. The summed E-state index contributed by atoms with van der Waals surface area (Å²) in [4.78, 5) is 2.44. The van der Waals surface area contributed by atoms with Crippen molar-refractivity contribution < 1.29 is 0 Å². The van der Waals surface area contributed by atoms with Crippen LogP contribution in [0, 0.1) is 5.92 Å². The van der Waals surface area contributed by atoms with Crippen molar-refractivity contribution in [2.75, 3.05) is 11.9 Å². The second-order valence-electron chi connectivity index (χ2n) is 6.64. The van der Waals surface area contributed by atoms with Crippen LogP contribution < -0.4 is 4.90 Å². The van der Waals surface area contributed by atoms with Gasteiger partial charge in [0.2, 0.25) is 0 Å². The number of nitrogens with zero attached hydrogens (tertiary/aromatic N) is 1. The molecule has 1 fully saturated rings. The van der Waals surface area contributed by atoms with E-state index in [-0.39, 0.29) is 5.41 Å². The Labute approximate surface area is 106 Å². The van der Waals surface area contributed by atoms with Crippen LogP contribution in [0.2, 0.25) is 0 Å². The molecule has 0 saturated heterocycles. The molecule has 1 aromatic rings. The standard InChI is InChI=1S/C16H25N/c1-12-10-15(11-12)17(5)14-8-6-13(7-9-14)16(2,3)4/h6-9,12,15H,10-11H2,1-5H3. The Morgan fingerprint density at radius 2 is 1.59 bits per heavy atom. The maximum absolute atomic E-state index is 2.44. The monoisotopic (exact) mass is 231 g/mol. The topological polar surface area (TPSA) is 3.24 Å². The molecular formula is C16H25N. The van der Waals surface area contributed by atoms with Gasteiger partial charge in [-0.3, -0.25) is 0 Å². The zero-order chi connectivity index (χ0) is 12.6. The van der Waals surface area contributed by atoms with Crippen LogP contribution in [-0.4, -0.2) is 13.1 Å². The van der Waals surface area contributed by atoms with E-state index in [1.165, 1.54) is 24.1 Å². The van der Waals surface area contributed by atoms with Crippen molar-refractivity contribution in [3.63, 3.8) is 0 Å². The summed E-state index contributed by atoms with van der Waals surface area (Å²) in [6.07, 6.45) is 2.69. The van der Waals surface area contributed by atoms with E-state index in [4.69, 9.17) is 0 Å². The van der Waals surface area contributed by atoms with E-state index in [1.807, 2.05) is 0 Å². The summed E-state index contributed by atoms with van der Waals surface area (Å²) in [5.74, 6) is 0.913. The number of benzene rings is 1. The van der Waals surface area contributed by atoms with Crippen molar-refractivity contribution in [2.45, 2.75) is 52.0 Å². The van der Waals surface area contributed by atoms with Crippen LogP contribution in [0.5, 0.6) is 0 Å². The molecule has 17 heavy (non-hydrogen) atoms. The van der Waals surface area contributed by atoms with Gasteiger partial charge in [-0.15, -0.1) is 0 Å². The van der Waals surface area contributed by atoms with Gasteiger partial charge in [-0.1, -0.05) is 39.8 Å². The molecule has 0 amide bonds. The molecular weight excluding hydrogens is 206 g/mol. The van der Waals surface area contributed by atoms with Gasteiger partial charge in [0.15, 0.2) is 0 Å². The predicted molar refractivity (Wildman–Crippen MR) is 75.7 cm³/mol. The fourth-order valence-corrected chi connectivity index (χ4v) is 2.58. The first-order valence-corrected chi connectivity index (χ1v) is 6.71. The molecule has 0 radical (unpaired) electrons. The molecule has 0 bridgehead atoms. The van der Waals surface area contributed by atoms with E-state index in [0.717, 1.165) is 12.0 Å². The molecule has 94 valence electrons. The van der Waals surface area contributed by atoms with E-state index < -0.39 is 0 Å². The van der Waals surface area contributed by atoms with Gasteiger partial charge in [-0.2, -0.15) is 0 Å². The van der Waals surface area contributed by atoms with Crippen LogP contribution in [0.3, 0.4) is 0 Å². The first kappa shape index (κ1) is 12.5. The molecule has 0 aliphatic heterocycles. The molecule has 1 aliphatic rings. The van der Waals surface area contributed by atoms with Gasteiger partial charge in [-0.25, -0.2) is 0 Å². The van der Waals surface area contributed by atoms with Gasteiger partial charge in [0.1, 0.15) is 0 Å². The second-order valence-corrected chi connectivity index (χ2v) is 6.64. The largest absolute Gasteiger partial charge is 0.372 e. The highest BCUT2D eigenvalue weighted by Crippen LogP contribution is 2.33. The third-order valence-corrected chi connectivity index (χ3v) is 4.04. The minimum Gasteiger partial charge on any atom is -0.372 e. The van der Waals surface area contributed by atoms with Crippen LogP contribution in [0.15, 0.2) is 24.3 Å². The normalized spacial score (nSPS) is 24.3. The molecule has 0 N–H and O–H groups in total. The summed E-state index contributed by atoms with van der Waals surface area (Å²) in [6, 6.07) is 9.83. The maximum atomic E-state index is 2.44. The van der Waals surface area contributed by atoms with Gasteiger partial charge in [0, 0.05) is 18.8 Å². The third-order valence-electron chi connectivity index (χ3n) is 4.04. The SMILES string of the molecule is CC1CC(N(C)c2ccc(C(C)(C)C)cc2)C1. The second kappa shape index (κ2) is 4.36. The fraction of sp³-hybridized carbons (Fsp3) is 0.625. The number of hydrogen-bond acceptors (Lipinski definition) is 1. The molecule has 0 spiro atoms. The zero-order valence-corrected chi connectivity index (χ0v) is 11.8. The average Bonchev–Trinajstić information content (AvgIpc) is 2.23. The molecule has 0 aromatic heterocycles. The molecule has 1 aliphatic carbocycles. The van der Waals surface area contributed by atoms with Crippen LogP contribution in [0.1, 0.15) is 46.1 Å².